The van der Waals surface area contributed by atoms with Crippen LogP contribution in [0.25, 0.3) is 9.88 Å². The molecule has 8 heteroatoms. The van der Waals surface area contributed by atoms with E-state index in [4.69, 9.17) is 4.74 Å². The topological polar surface area (TPSA) is 68.3 Å². The molecule has 26 heavy (non-hydrogen) atoms. The Morgan fingerprint density at radius 2 is 2.12 bits per heavy atom. The SMILES string of the molecule is CCOC(=O)c1cc(CC)sc1NC(=O)Cc1csc(-c2cccs2)n1. The van der Waals surface area contributed by atoms with Crippen LogP contribution < -0.4 is 5.32 Å². The van der Waals surface area contributed by atoms with E-state index in [0.29, 0.717) is 17.2 Å². The molecule has 0 bridgehead atoms. The van der Waals surface area contributed by atoms with E-state index in [1.165, 1.54) is 22.7 Å². The first-order valence-corrected chi connectivity index (χ1v) is 10.8. The number of rotatable bonds is 7. The number of aryl methyl sites for hydroxylation is 1. The molecule has 0 spiro atoms. The molecule has 3 aromatic rings. The zero-order chi connectivity index (χ0) is 18.5. The zero-order valence-corrected chi connectivity index (χ0v) is 16.9. The molecule has 0 saturated carbocycles. The summed E-state index contributed by atoms with van der Waals surface area (Å²) in [5.74, 6) is -0.601. The van der Waals surface area contributed by atoms with Crippen molar-refractivity contribution in [3.8, 4) is 9.88 Å². The van der Waals surface area contributed by atoms with E-state index in [1.807, 2.05) is 29.8 Å². The van der Waals surface area contributed by atoms with Gasteiger partial charge in [-0.25, -0.2) is 9.78 Å². The number of aromatic nitrogens is 1. The van der Waals surface area contributed by atoms with Gasteiger partial charge < -0.3 is 10.1 Å². The Morgan fingerprint density at radius 3 is 2.81 bits per heavy atom. The van der Waals surface area contributed by atoms with Gasteiger partial charge in [0.2, 0.25) is 5.91 Å². The van der Waals surface area contributed by atoms with E-state index in [1.54, 1.807) is 24.3 Å². The summed E-state index contributed by atoms with van der Waals surface area (Å²) in [5.41, 5.74) is 1.14. The zero-order valence-electron chi connectivity index (χ0n) is 14.4. The predicted molar refractivity (Wildman–Crippen MR) is 107 cm³/mol. The van der Waals surface area contributed by atoms with Gasteiger partial charge in [-0.2, -0.15) is 0 Å². The molecule has 3 heterocycles. The van der Waals surface area contributed by atoms with Crippen LogP contribution >= 0.6 is 34.0 Å². The number of thiophene rings is 2. The Labute approximate surface area is 163 Å². The van der Waals surface area contributed by atoms with Crippen LogP contribution in [0.4, 0.5) is 5.00 Å². The molecule has 5 nitrogen and oxygen atoms in total. The van der Waals surface area contributed by atoms with E-state index in [0.717, 1.165) is 26.9 Å². The molecule has 0 saturated heterocycles. The predicted octanol–water partition coefficient (Wildman–Crippen LogP) is 4.85. The molecule has 1 N–H and O–H groups in total. The summed E-state index contributed by atoms with van der Waals surface area (Å²) in [6.07, 6.45) is 0.965. The average Bonchev–Trinajstić information content (AvgIpc) is 3.35. The monoisotopic (exact) mass is 406 g/mol. The molecule has 3 rings (SSSR count). The van der Waals surface area contributed by atoms with Crippen molar-refractivity contribution in [2.45, 2.75) is 26.7 Å². The van der Waals surface area contributed by atoms with E-state index in [-0.39, 0.29) is 12.3 Å². The van der Waals surface area contributed by atoms with E-state index in [9.17, 15) is 9.59 Å². The van der Waals surface area contributed by atoms with E-state index < -0.39 is 5.97 Å². The maximum absolute atomic E-state index is 12.4. The Morgan fingerprint density at radius 1 is 1.27 bits per heavy atom. The molecule has 1 amide bonds. The van der Waals surface area contributed by atoms with Gasteiger partial charge in [-0.1, -0.05) is 13.0 Å². The second kappa shape index (κ2) is 8.57. The number of hydrogen-bond acceptors (Lipinski definition) is 7. The Kier molecular flexibility index (Phi) is 6.18. The number of nitrogens with one attached hydrogen (secondary N) is 1. The van der Waals surface area contributed by atoms with Crippen LogP contribution in [0, 0.1) is 0 Å². The van der Waals surface area contributed by atoms with Gasteiger partial charge in [-0.05, 0) is 30.9 Å². The number of ether oxygens (including phenoxy) is 1. The molecule has 0 radical (unpaired) electrons. The number of amides is 1. The highest BCUT2D eigenvalue weighted by atomic mass is 32.1. The number of thiazole rings is 1. The number of anilines is 1. The van der Waals surface area contributed by atoms with Crippen LogP contribution in [-0.2, 0) is 22.4 Å². The fraction of sp³-hybridized carbons (Fsp3) is 0.278. The quantitative estimate of drug-likeness (QED) is 0.569. The molecule has 0 unspecified atom stereocenters. The summed E-state index contributed by atoms with van der Waals surface area (Å²) in [7, 11) is 0. The average molecular weight is 407 g/mol. The fourth-order valence-corrected chi connectivity index (χ4v) is 4.94. The number of carbonyl (C=O) groups excluding carboxylic acids is 2. The fourth-order valence-electron chi connectivity index (χ4n) is 2.31. The first-order chi connectivity index (χ1) is 12.6. The molecule has 0 aromatic carbocycles. The van der Waals surface area contributed by atoms with Gasteiger partial charge in [-0.3, -0.25) is 4.79 Å². The van der Waals surface area contributed by atoms with Crippen LogP contribution in [0.1, 0.15) is 34.8 Å². The molecule has 0 aliphatic carbocycles. The van der Waals surface area contributed by atoms with Gasteiger partial charge in [0.25, 0.3) is 0 Å². The van der Waals surface area contributed by atoms with Crippen molar-refractivity contribution in [2.75, 3.05) is 11.9 Å². The number of nitrogens with zero attached hydrogens (tertiary/aromatic N) is 1. The maximum atomic E-state index is 12.4. The molecular formula is C18H18N2O3S3. The number of hydrogen-bond donors (Lipinski definition) is 1. The Balaban J connectivity index is 1.70. The van der Waals surface area contributed by atoms with Crippen LogP contribution in [-0.4, -0.2) is 23.5 Å². The van der Waals surface area contributed by atoms with Gasteiger partial charge in [0.1, 0.15) is 10.0 Å². The molecule has 0 aliphatic rings. The Hall–Kier alpha value is -2.03. The molecule has 0 aliphatic heterocycles. The highest BCUT2D eigenvalue weighted by molar-refractivity contribution is 7.20. The largest absolute Gasteiger partial charge is 0.462 e. The van der Waals surface area contributed by atoms with Crippen LogP contribution in [0.5, 0.6) is 0 Å². The Bertz CT molecular complexity index is 897. The lowest BCUT2D eigenvalue weighted by Crippen LogP contribution is -2.16. The lowest BCUT2D eigenvalue weighted by atomic mass is 10.2. The smallest absolute Gasteiger partial charge is 0.341 e. The third-order valence-corrected chi connectivity index (χ3v) is 6.63. The summed E-state index contributed by atoms with van der Waals surface area (Å²) in [6, 6.07) is 5.78. The van der Waals surface area contributed by atoms with Crippen molar-refractivity contribution >= 4 is 50.9 Å². The van der Waals surface area contributed by atoms with Gasteiger partial charge in [-0.15, -0.1) is 34.0 Å². The summed E-state index contributed by atoms with van der Waals surface area (Å²) in [4.78, 5) is 31.2. The summed E-state index contributed by atoms with van der Waals surface area (Å²) in [5, 5.41) is 8.20. The minimum Gasteiger partial charge on any atom is -0.462 e. The lowest BCUT2D eigenvalue weighted by molar-refractivity contribution is -0.115. The second-order valence-electron chi connectivity index (χ2n) is 5.38. The van der Waals surface area contributed by atoms with Gasteiger partial charge in [0, 0.05) is 10.3 Å². The maximum Gasteiger partial charge on any atom is 0.341 e. The highest BCUT2D eigenvalue weighted by Crippen LogP contribution is 2.30. The summed E-state index contributed by atoms with van der Waals surface area (Å²) < 4.78 is 5.08. The molecule has 136 valence electrons. The number of esters is 1. The molecule has 0 atom stereocenters. The van der Waals surface area contributed by atoms with Crippen molar-refractivity contribution in [3.63, 3.8) is 0 Å². The standard InChI is InChI=1S/C18H18N2O3S3/c1-3-12-9-13(18(22)23-4-2)16(26-12)20-15(21)8-11-10-25-17(19-11)14-6-5-7-24-14/h5-7,9-10H,3-4,8H2,1-2H3,(H,20,21). The number of carbonyl (C=O) groups is 2. The van der Waals surface area contributed by atoms with Crippen molar-refractivity contribution in [1.82, 2.24) is 4.98 Å². The van der Waals surface area contributed by atoms with Crippen LogP contribution in [0.2, 0.25) is 0 Å². The first kappa shape index (κ1) is 18.8. The second-order valence-corrected chi connectivity index (χ2v) is 8.32. The molecule has 3 aromatic heterocycles. The van der Waals surface area contributed by atoms with Gasteiger partial charge in [0.15, 0.2) is 0 Å². The first-order valence-electron chi connectivity index (χ1n) is 8.18. The third kappa shape index (κ3) is 4.38. The normalized spacial score (nSPS) is 10.7. The van der Waals surface area contributed by atoms with E-state index >= 15 is 0 Å². The lowest BCUT2D eigenvalue weighted by Gasteiger charge is -2.05. The van der Waals surface area contributed by atoms with Crippen LogP contribution in [0.3, 0.4) is 0 Å². The van der Waals surface area contributed by atoms with Crippen molar-refractivity contribution in [2.24, 2.45) is 0 Å². The van der Waals surface area contributed by atoms with Crippen molar-refractivity contribution in [3.05, 3.63) is 45.1 Å². The highest BCUT2D eigenvalue weighted by Gasteiger charge is 2.19. The van der Waals surface area contributed by atoms with E-state index in [2.05, 4.69) is 10.3 Å². The van der Waals surface area contributed by atoms with Gasteiger partial charge in [0.05, 0.1) is 29.2 Å². The summed E-state index contributed by atoms with van der Waals surface area (Å²) in [6.45, 7) is 4.07. The third-order valence-electron chi connectivity index (χ3n) is 3.51. The van der Waals surface area contributed by atoms with Gasteiger partial charge >= 0.3 is 5.97 Å². The minimum absolute atomic E-state index is 0.170. The van der Waals surface area contributed by atoms with Crippen LogP contribution in [0.15, 0.2) is 29.0 Å². The molecular weight excluding hydrogens is 388 g/mol. The summed E-state index contributed by atoms with van der Waals surface area (Å²) >= 11 is 4.56. The minimum atomic E-state index is -0.410. The van der Waals surface area contributed by atoms with Crippen molar-refractivity contribution < 1.29 is 14.3 Å². The molecule has 0 fully saturated rings. The van der Waals surface area contributed by atoms with Crippen molar-refractivity contribution in [1.29, 1.82) is 0 Å².